The van der Waals surface area contributed by atoms with Gasteiger partial charge in [0.2, 0.25) is 0 Å². The number of anilines is 1. The first-order valence-corrected chi connectivity index (χ1v) is 5.93. The normalized spacial score (nSPS) is 10.4. The second-order valence-corrected chi connectivity index (χ2v) is 4.53. The van der Waals surface area contributed by atoms with Crippen LogP contribution in [0.15, 0.2) is 36.4 Å². The van der Waals surface area contributed by atoms with E-state index in [1.54, 1.807) is 18.2 Å². The van der Waals surface area contributed by atoms with Crippen LogP contribution in [-0.2, 0) is 6.61 Å². The Balaban J connectivity index is 2.11. The third kappa shape index (κ3) is 3.06. The molecule has 0 radical (unpaired) electrons. The van der Waals surface area contributed by atoms with E-state index in [0.29, 0.717) is 16.5 Å². The monoisotopic (exact) mass is 285 g/mol. The summed E-state index contributed by atoms with van der Waals surface area (Å²) in [7, 11) is 0. The highest BCUT2D eigenvalue weighted by Gasteiger charge is 2.05. The van der Waals surface area contributed by atoms with Gasteiger partial charge in [-0.3, -0.25) is 0 Å². The maximum Gasteiger partial charge on any atom is 0.138 e. The first kappa shape index (κ1) is 13.0. The molecule has 0 saturated carbocycles. The number of hydrogen-bond acceptors (Lipinski definition) is 2. The predicted octanol–water partition coefficient (Wildman–Crippen LogP) is 4.29. The van der Waals surface area contributed by atoms with E-state index < -0.39 is 5.82 Å². The molecule has 2 aromatic rings. The lowest BCUT2D eigenvalue weighted by atomic mass is 10.2. The van der Waals surface area contributed by atoms with Crippen molar-refractivity contribution in [2.45, 2.75) is 6.61 Å². The number of halogens is 3. The van der Waals surface area contributed by atoms with Crippen LogP contribution in [-0.4, -0.2) is 0 Å². The van der Waals surface area contributed by atoms with E-state index in [1.165, 1.54) is 18.2 Å². The number of rotatable bonds is 3. The van der Waals surface area contributed by atoms with Crippen LogP contribution in [0.4, 0.5) is 10.1 Å². The zero-order valence-corrected chi connectivity index (χ0v) is 10.8. The van der Waals surface area contributed by atoms with Gasteiger partial charge in [0.15, 0.2) is 0 Å². The molecule has 2 rings (SSSR count). The average Bonchev–Trinajstić information content (AvgIpc) is 2.30. The van der Waals surface area contributed by atoms with E-state index >= 15 is 0 Å². The molecule has 0 fully saturated rings. The minimum Gasteiger partial charge on any atom is -0.487 e. The molecule has 2 aromatic carbocycles. The predicted molar refractivity (Wildman–Crippen MR) is 71.6 cm³/mol. The third-order valence-electron chi connectivity index (χ3n) is 2.35. The summed E-state index contributed by atoms with van der Waals surface area (Å²) in [4.78, 5) is 0. The van der Waals surface area contributed by atoms with Crippen LogP contribution in [0.3, 0.4) is 0 Å². The molecule has 0 atom stereocenters. The Morgan fingerprint density at radius 3 is 2.50 bits per heavy atom. The lowest BCUT2D eigenvalue weighted by molar-refractivity contribution is 0.306. The number of ether oxygens (including phenoxy) is 1. The van der Waals surface area contributed by atoms with Crippen molar-refractivity contribution in [3.63, 3.8) is 0 Å². The van der Waals surface area contributed by atoms with E-state index in [4.69, 9.17) is 33.7 Å². The van der Waals surface area contributed by atoms with Crippen molar-refractivity contribution in [2.24, 2.45) is 0 Å². The topological polar surface area (TPSA) is 35.2 Å². The minimum atomic E-state index is -0.405. The summed E-state index contributed by atoms with van der Waals surface area (Å²) in [5, 5.41) is 0.745. The summed E-state index contributed by atoms with van der Waals surface area (Å²) in [6.07, 6.45) is 0. The molecular weight excluding hydrogens is 276 g/mol. The molecule has 94 valence electrons. The van der Waals surface area contributed by atoms with Crippen molar-refractivity contribution in [2.75, 3.05) is 5.73 Å². The van der Waals surface area contributed by atoms with Gasteiger partial charge in [-0.1, -0.05) is 29.3 Å². The van der Waals surface area contributed by atoms with Crippen molar-refractivity contribution in [3.05, 3.63) is 57.8 Å². The number of hydrogen-bond donors (Lipinski definition) is 1. The van der Waals surface area contributed by atoms with Crippen LogP contribution in [0.5, 0.6) is 5.75 Å². The van der Waals surface area contributed by atoms with Gasteiger partial charge < -0.3 is 10.5 Å². The molecule has 0 aliphatic rings. The quantitative estimate of drug-likeness (QED) is 0.854. The molecule has 18 heavy (non-hydrogen) atoms. The van der Waals surface area contributed by atoms with Gasteiger partial charge in [0, 0.05) is 16.3 Å². The molecule has 0 aromatic heterocycles. The summed E-state index contributed by atoms with van der Waals surface area (Å²) in [6.45, 7) is 0.241. The van der Waals surface area contributed by atoms with Gasteiger partial charge >= 0.3 is 0 Å². The highest BCUT2D eigenvalue weighted by molar-refractivity contribution is 6.32. The molecule has 0 amide bonds. The summed E-state index contributed by atoms with van der Waals surface area (Å²) >= 11 is 11.9. The van der Waals surface area contributed by atoms with Crippen LogP contribution in [0, 0.1) is 5.82 Å². The van der Waals surface area contributed by atoms with Gasteiger partial charge in [0.1, 0.15) is 18.2 Å². The molecule has 0 aliphatic heterocycles. The summed E-state index contributed by atoms with van der Waals surface area (Å²) in [5.74, 6) is 0.00354. The second-order valence-electron chi connectivity index (χ2n) is 3.71. The first-order valence-electron chi connectivity index (χ1n) is 5.18. The zero-order chi connectivity index (χ0) is 13.1. The first-order chi connectivity index (χ1) is 8.56. The van der Waals surface area contributed by atoms with E-state index in [1.807, 2.05) is 0 Å². The van der Waals surface area contributed by atoms with Crippen molar-refractivity contribution >= 4 is 28.9 Å². The third-order valence-corrected chi connectivity index (χ3v) is 3.00. The maximum absolute atomic E-state index is 12.8. The molecular formula is C13H10Cl2FNO. The van der Waals surface area contributed by atoms with E-state index in [0.717, 1.165) is 5.56 Å². The van der Waals surface area contributed by atoms with Crippen molar-refractivity contribution in [1.82, 2.24) is 0 Å². The van der Waals surface area contributed by atoms with Crippen LogP contribution in [0.1, 0.15) is 5.56 Å². The Kier molecular flexibility index (Phi) is 3.94. The van der Waals surface area contributed by atoms with E-state index in [2.05, 4.69) is 0 Å². The number of nitrogens with two attached hydrogens (primary N) is 1. The molecule has 2 nitrogen and oxygen atoms in total. The van der Waals surface area contributed by atoms with Crippen molar-refractivity contribution < 1.29 is 9.13 Å². The summed E-state index contributed by atoms with van der Waals surface area (Å²) in [5.41, 5.74) is 6.96. The fourth-order valence-electron chi connectivity index (χ4n) is 1.43. The minimum absolute atomic E-state index is 0.224. The maximum atomic E-state index is 12.8. The van der Waals surface area contributed by atoms with Gasteiger partial charge in [-0.2, -0.15) is 0 Å². The molecule has 0 heterocycles. The second kappa shape index (κ2) is 5.46. The van der Waals surface area contributed by atoms with Gasteiger partial charge in [-0.15, -0.1) is 0 Å². The van der Waals surface area contributed by atoms with Crippen molar-refractivity contribution in [3.8, 4) is 5.75 Å². The highest BCUT2D eigenvalue weighted by atomic mass is 35.5. The molecule has 5 heteroatoms. The van der Waals surface area contributed by atoms with Crippen LogP contribution in [0.25, 0.3) is 0 Å². The number of benzene rings is 2. The van der Waals surface area contributed by atoms with E-state index in [9.17, 15) is 4.39 Å². The zero-order valence-electron chi connectivity index (χ0n) is 9.29. The van der Waals surface area contributed by atoms with E-state index in [-0.39, 0.29) is 11.6 Å². The van der Waals surface area contributed by atoms with Crippen LogP contribution >= 0.6 is 23.2 Å². The Bertz CT molecular complexity index is 523. The lowest BCUT2D eigenvalue weighted by Gasteiger charge is -2.09. The lowest BCUT2D eigenvalue weighted by Crippen LogP contribution is -1.98. The van der Waals surface area contributed by atoms with Crippen LogP contribution < -0.4 is 10.5 Å². The van der Waals surface area contributed by atoms with Crippen molar-refractivity contribution in [1.29, 1.82) is 0 Å². The molecule has 0 saturated heterocycles. The molecule has 0 bridgehead atoms. The molecule has 0 unspecified atom stereocenters. The standard InChI is InChI=1S/C13H10Cl2FNO/c14-11-6-10(17)3-1-8(11)7-18-13-4-2-9(16)5-12(13)15/h1-6H,7,17H2. The van der Waals surface area contributed by atoms with Gasteiger partial charge in [-0.05, 0) is 30.3 Å². The largest absolute Gasteiger partial charge is 0.487 e. The van der Waals surface area contributed by atoms with Crippen LogP contribution in [0.2, 0.25) is 10.0 Å². The molecule has 0 spiro atoms. The fraction of sp³-hybridized carbons (Fsp3) is 0.0769. The average molecular weight is 286 g/mol. The summed E-state index contributed by atoms with van der Waals surface area (Å²) < 4.78 is 18.3. The van der Waals surface area contributed by atoms with Gasteiger partial charge in [0.05, 0.1) is 5.02 Å². The Hall–Kier alpha value is -1.45. The Labute approximate surface area is 114 Å². The molecule has 0 aliphatic carbocycles. The van der Waals surface area contributed by atoms with Gasteiger partial charge in [0.25, 0.3) is 0 Å². The summed E-state index contributed by atoms with van der Waals surface area (Å²) in [6, 6.07) is 9.11. The van der Waals surface area contributed by atoms with Gasteiger partial charge in [-0.25, -0.2) is 4.39 Å². The molecule has 2 N–H and O–H groups in total. The fourth-order valence-corrected chi connectivity index (χ4v) is 1.89. The smallest absolute Gasteiger partial charge is 0.138 e. The Morgan fingerprint density at radius 2 is 1.83 bits per heavy atom. The highest BCUT2D eigenvalue weighted by Crippen LogP contribution is 2.27. The SMILES string of the molecule is Nc1ccc(COc2ccc(F)cc2Cl)c(Cl)c1. The Morgan fingerprint density at radius 1 is 1.06 bits per heavy atom. The number of nitrogen functional groups attached to an aromatic ring is 1.